The van der Waals surface area contributed by atoms with E-state index in [0.717, 1.165) is 11.3 Å². The molecule has 0 aliphatic carbocycles. The van der Waals surface area contributed by atoms with Crippen molar-refractivity contribution in [1.29, 1.82) is 0 Å². The van der Waals surface area contributed by atoms with E-state index in [-0.39, 0.29) is 17.2 Å². The van der Waals surface area contributed by atoms with E-state index in [2.05, 4.69) is 5.10 Å². The average molecular weight is 421 g/mol. The van der Waals surface area contributed by atoms with Crippen molar-refractivity contribution in [2.24, 2.45) is 0 Å². The highest BCUT2D eigenvalue weighted by atomic mass is 16.6. The highest BCUT2D eigenvalue weighted by molar-refractivity contribution is 5.95. The molecule has 1 amide bonds. The van der Waals surface area contributed by atoms with Gasteiger partial charge < -0.3 is 14.5 Å². The van der Waals surface area contributed by atoms with Crippen LogP contribution in [0.4, 0.5) is 11.4 Å². The second-order valence-corrected chi connectivity index (χ2v) is 7.35. The molecule has 2 heterocycles. The van der Waals surface area contributed by atoms with Crippen molar-refractivity contribution in [3.63, 3.8) is 0 Å². The molecular weight excluding hydrogens is 398 g/mol. The summed E-state index contributed by atoms with van der Waals surface area (Å²) < 4.78 is 7.07. The number of para-hydroxylation sites is 1. The lowest BCUT2D eigenvalue weighted by Crippen LogP contribution is -2.36. The second-order valence-electron chi connectivity index (χ2n) is 7.35. The van der Waals surface area contributed by atoms with Crippen LogP contribution in [0.1, 0.15) is 15.9 Å². The normalized spacial score (nSPS) is 13.8. The Morgan fingerprint density at radius 2 is 1.94 bits per heavy atom. The Labute approximate surface area is 179 Å². The van der Waals surface area contributed by atoms with Crippen molar-refractivity contribution in [1.82, 2.24) is 14.7 Å². The SMILES string of the molecule is CN(Cc1cnn(-c2ccccc2)c1)C(=O)c1ccc(N2CCOCC2)c([N+](=O)[O-])c1. The van der Waals surface area contributed by atoms with Gasteiger partial charge in [0.1, 0.15) is 5.69 Å². The number of carbonyl (C=O) groups excluding carboxylic acids is 1. The molecule has 9 heteroatoms. The number of nitro groups is 1. The Morgan fingerprint density at radius 1 is 1.19 bits per heavy atom. The van der Waals surface area contributed by atoms with Crippen molar-refractivity contribution in [3.8, 4) is 5.69 Å². The third-order valence-corrected chi connectivity index (χ3v) is 5.19. The quantitative estimate of drug-likeness (QED) is 0.449. The van der Waals surface area contributed by atoms with E-state index in [4.69, 9.17) is 4.74 Å². The highest BCUT2D eigenvalue weighted by Crippen LogP contribution is 2.30. The monoisotopic (exact) mass is 421 g/mol. The maximum Gasteiger partial charge on any atom is 0.293 e. The summed E-state index contributed by atoms with van der Waals surface area (Å²) in [6, 6.07) is 14.3. The first-order valence-electron chi connectivity index (χ1n) is 9.98. The molecule has 1 aromatic heterocycles. The topological polar surface area (TPSA) is 93.7 Å². The van der Waals surface area contributed by atoms with Gasteiger partial charge in [-0.15, -0.1) is 0 Å². The fraction of sp³-hybridized carbons (Fsp3) is 0.273. The van der Waals surface area contributed by atoms with Crippen molar-refractivity contribution < 1.29 is 14.5 Å². The number of amides is 1. The van der Waals surface area contributed by atoms with E-state index in [0.29, 0.717) is 38.5 Å². The first kappa shape index (κ1) is 20.5. The van der Waals surface area contributed by atoms with Crippen LogP contribution >= 0.6 is 0 Å². The Kier molecular flexibility index (Phi) is 5.94. The summed E-state index contributed by atoms with van der Waals surface area (Å²) in [5, 5.41) is 16.0. The van der Waals surface area contributed by atoms with Crippen molar-refractivity contribution in [3.05, 3.63) is 82.2 Å². The summed E-state index contributed by atoms with van der Waals surface area (Å²) in [6.07, 6.45) is 3.57. The first-order chi connectivity index (χ1) is 15.0. The Morgan fingerprint density at radius 3 is 2.65 bits per heavy atom. The lowest BCUT2D eigenvalue weighted by molar-refractivity contribution is -0.384. The van der Waals surface area contributed by atoms with E-state index in [1.807, 2.05) is 41.4 Å². The number of benzene rings is 2. The number of morpholine rings is 1. The molecule has 0 spiro atoms. The number of hydrogen-bond donors (Lipinski definition) is 0. The van der Waals surface area contributed by atoms with Gasteiger partial charge in [0.15, 0.2) is 0 Å². The standard InChI is InChI=1S/C22H23N5O4/c1-24(15-17-14-23-26(16-17)19-5-3-2-4-6-19)22(28)18-7-8-20(21(13-18)27(29)30)25-9-11-31-12-10-25/h2-8,13-14,16H,9-12,15H2,1H3. The van der Waals surface area contributed by atoms with Gasteiger partial charge in [0.25, 0.3) is 11.6 Å². The van der Waals surface area contributed by atoms with E-state index in [1.54, 1.807) is 30.1 Å². The predicted octanol–water partition coefficient (Wildman–Crippen LogP) is 2.89. The number of ether oxygens (including phenoxy) is 1. The van der Waals surface area contributed by atoms with Crippen molar-refractivity contribution in [2.75, 3.05) is 38.3 Å². The van der Waals surface area contributed by atoms with Crippen LogP contribution in [0.2, 0.25) is 0 Å². The maximum absolute atomic E-state index is 12.9. The molecule has 1 saturated heterocycles. The molecule has 0 radical (unpaired) electrons. The molecule has 0 N–H and O–H groups in total. The molecule has 1 aliphatic heterocycles. The van der Waals surface area contributed by atoms with E-state index >= 15 is 0 Å². The number of carbonyl (C=O) groups is 1. The summed E-state index contributed by atoms with van der Waals surface area (Å²) in [6.45, 7) is 2.55. The van der Waals surface area contributed by atoms with Crippen molar-refractivity contribution >= 4 is 17.3 Å². The minimum Gasteiger partial charge on any atom is -0.378 e. The largest absolute Gasteiger partial charge is 0.378 e. The van der Waals surface area contributed by atoms with Gasteiger partial charge in [0.2, 0.25) is 0 Å². The lowest BCUT2D eigenvalue weighted by atomic mass is 10.1. The molecule has 0 saturated carbocycles. The van der Waals surface area contributed by atoms with Gasteiger partial charge in [-0.1, -0.05) is 18.2 Å². The van der Waals surface area contributed by atoms with Crippen LogP contribution < -0.4 is 4.90 Å². The number of nitrogens with zero attached hydrogens (tertiary/aromatic N) is 5. The summed E-state index contributed by atoms with van der Waals surface area (Å²) in [5.41, 5.74) is 2.51. The average Bonchev–Trinajstić information content (AvgIpc) is 3.27. The molecule has 160 valence electrons. The summed E-state index contributed by atoms with van der Waals surface area (Å²) in [5.74, 6) is -0.288. The zero-order valence-corrected chi connectivity index (χ0v) is 17.2. The van der Waals surface area contributed by atoms with Crippen molar-refractivity contribution in [2.45, 2.75) is 6.54 Å². The highest BCUT2D eigenvalue weighted by Gasteiger charge is 2.24. The van der Waals surface area contributed by atoms with Gasteiger partial charge >= 0.3 is 0 Å². The molecule has 1 fully saturated rings. The van der Waals surface area contributed by atoms with Gasteiger partial charge in [-0.25, -0.2) is 4.68 Å². The first-order valence-corrected chi connectivity index (χ1v) is 9.98. The molecule has 0 bridgehead atoms. The second kappa shape index (κ2) is 8.97. The molecule has 31 heavy (non-hydrogen) atoms. The number of nitro benzene ring substituents is 1. The van der Waals surface area contributed by atoms with Crippen LogP contribution in [0.3, 0.4) is 0 Å². The fourth-order valence-electron chi connectivity index (χ4n) is 3.60. The maximum atomic E-state index is 12.9. The Balaban J connectivity index is 1.50. The van der Waals surface area contributed by atoms with Crippen LogP contribution in [-0.4, -0.2) is 58.9 Å². The molecule has 4 rings (SSSR count). The number of anilines is 1. The fourth-order valence-corrected chi connectivity index (χ4v) is 3.60. The number of rotatable bonds is 6. The van der Waals surface area contributed by atoms with E-state index in [9.17, 15) is 14.9 Å². The van der Waals surface area contributed by atoms with Gasteiger partial charge in [-0.3, -0.25) is 14.9 Å². The van der Waals surface area contributed by atoms with E-state index in [1.165, 1.54) is 11.0 Å². The minimum absolute atomic E-state index is 0.0713. The Bertz CT molecular complexity index is 1080. The van der Waals surface area contributed by atoms with Gasteiger partial charge in [0, 0.05) is 50.1 Å². The van der Waals surface area contributed by atoms with Crippen LogP contribution in [0, 0.1) is 10.1 Å². The van der Waals surface area contributed by atoms with Crippen LogP contribution in [-0.2, 0) is 11.3 Å². The Hall–Kier alpha value is -3.72. The van der Waals surface area contributed by atoms with Crippen LogP contribution in [0.15, 0.2) is 60.9 Å². The third kappa shape index (κ3) is 4.56. The molecule has 0 unspecified atom stereocenters. The molecule has 2 aromatic carbocycles. The third-order valence-electron chi connectivity index (χ3n) is 5.19. The van der Waals surface area contributed by atoms with Crippen LogP contribution in [0.5, 0.6) is 0 Å². The zero-order valence-electron chi connectivity index (χ0n) is 17.2. The van der Waals surface area contributed by atoms with Crippen LogP contribution in [0.25, 0.3) is 5.69 Å². The smallest absolute Gasteiger partial charge is 0.293 e. The molecular formula is C22H23N5O4. The number of aromatic nitrogens is 2. The summed E-state index contributed by atoms with van der Waals surface area (Å²) in [7, 11) is 1.67. The predicted molar refractivity (Wildman–Crippen MR) is 115 cm³/mol. The van der Waals surface area contributed by atoms with Gasteiger partial charge in [0.05, 0.1) is 30.0 Å². The summed E-state index contributed by atoms with van der Waals surface area (Å²) >= 11 is 0. The number of hydrogen-bond acceptors (Lipinski definition) is 6. The van der Waals surface area contributed by atoms with Gasteiger partial charge in [-0.2, -0.15) is 5.10 Å². The van der Waals surface area contributed by atoms with E-state index < -0.39 is 4.92 Å². The molecule has 9 nitrogen and oxygen atoms in total. The molecule has 1 aliphatic rings. The van der Waals surface area contributed by atoms with Gasteiger partial charge in [-0.05, 0) is 24.3 Å². The summed E-state index contributed by atoms with van der Waals surface area (Å²) in [4.78, 5) is 27.6. The lowest BCUT2D eigenvalue weighted by Gasteiger charge is -2.28. The molecule has 0 atom stereocenters. The molecule has 3 aromatic rings. The zero-order chi connectivity index (χ0) is 21.8. The minimum atomic E-state index is -0.439.